The number of amides is 2. The number of anilines is 1. The predicted octanol–water partition coefficient (Wildman–Crippen LogP) is 4.50. The van der Waals surface area contributed by atoms with E-state index in [2.05, 4.69) is 26.7 Å². The molecule has 4 rings (SSSR count). The summed E-state index contributed by atoms with van der Waals surface area (Å²) in [4.78, 5) is 25.8. The normalized spacial score (nSPS) is 15.6. The van der Waals surface area contributed by atoms with Gasteiger partial charge in [0.05, 0.1) is 5.56 Å². The minimum atomic E-state index is -0.886. The molecule has 0 radical (unpaired) electrons. The third-order valence-corrected chi connectivity index (χ3v) is 4.98. The molecule has 0 saturated carbocycles. The molecule has 2 amide bonds. The monoisotopic (exact) mass is 439 g/mol. The van der Waals surface area contributed by atoms with Crippen LogP contribution in [0.1, 0.15) is 32.4 Å². The van der Waals surface area contributed by atoms with Crippen molar-refractivity contribution in [3.63, 3.8) is 0 Å². The Morgan fingerprint density at radius 3 is 2.43 bits per heavy atom. The quantitative estimate of drug-likeness (QED) is 0.631. The number of hydrogen-bond acceptors (Lipinski definition) is 3. The molecular formula is C21H15BrFN3O2. The largest absolute Gasteiger partial charge is 0.359 e. The molecule has 0 spiro atoms. The Morgan fingerprint density at radius 2 is 1.68 bits per heavy atom. The summed E-state index contributed by atoms with van der Waals surface area (Å²) in [6.45, 7) is 0. The van der Waals surface area contributed by atoms with E-state index in [0.717, 1.165) is 9.48 Å². The summed E-state index contributed by atoms with van der Waals surface area (Å²) >= 11 is 3.32. The van der Waals surface area contributed by atoms with Crippen molar-refractivity contribution in [2.24, 2.45) is 0 Å². The van der Waals surface area contributed by atoms with E-state index in [4.69, 9.17) is 0 Å². The number of carbonyl (C=O) groups is 2. The van der Waals surface area contributed by atoms with Crippen LogP contribution in [0.5, 0.6) is 0 Å². The molecule has 1 atom stereocenters. The summed E-state index contributed by atoms with van der Waals surface area (Å²) in [6, 6.07) is 19.8. The van der Waals surface area contributed by atoms with Crippen LogP contribution in [0.25, 0.3) is 0 Å². The van der Waals surface area contributed by atoms with E-state index < -0.39 is 23.8 Å². The fourth-order valence-electron chi connectivity index (χ4n) is 3.06. The molecule has 0 fully saturated rings. The van der Waals surface area contributed by atoms with Crippen LogP contribution < -0.4 is 10.7 Å². The fourth-order valence-corrected chi connectivity index (χ4v) is 3.32. The van der Waals surface area contributed by atoms with Crippen molar-refractivity contribution >= 4 is 33.4 Å². The van der Waals surface area contributed by atoms with E-state index in [1.54, 1.807) is 66.7 Å². The van der Waals surface area contributed by atoms with Crippen molar-refractivity contribution in [3.05, 3.63) is 99.8 Å². The van der Waals surface area contributed by atoms with Crippen molar-refractivity contribution < 1.29 is 14.0 Å². The first kappa shape index (κ1) is 18.2. The summed E-state index contributed by atoms with van der Waals surface area (Å²) in [5, 5.41) is 4.27. The van der Waals surface area contributed by atoms with Crippen LogP contribution in [0, 0.1) is 5.82 Å². The Labute approximate surface area is 169 Å². The number of halogens is 2. The van der Waals surface area contributed by atoms with E-state index in [1.165, 1.54) is 6.07 Å². The topological polar surface area (TPSA) is 61.4 Å². The Kier molecular flexibility index (Phi) is 4.83. The summed E-state index contributed by atoms with van der Waals surface area (Å²) in [7, 11) is 0. The van der Waals surface area contributed by atoms with Gasteiger partial charge in [0, 0.05) is 21.3 Å². The number of hydrogen-bond donors (Lipinski definition) is 2. The van der Waals surface area contributed by atoms with Crippen molar-refractivity contribution in [3.8, 4) is 0 Å². The highest BCUT2D eigenvalue weighted by Crippen LogP contribution is 2.32. The molecule has 0 bridgehead atoms. The highest BCUT2D eigenvalue weighted by Gasteiger charge is 2.35. The molecule has 3 aromatic rings. The SMILES string of the molecule is O=C(NN1C(=O)c2ccccc2N[C@@H]1c1ccccc1F)c1ccc(Br)cc1. The predicted molar refractivity (Wildman–Crippen MR) is 107 cm³/mol. The minimum absolute atomic E-state index is 0.251. The molecule has 2 N–H and O–H groups in total. The van der Waals surface area contributed by atoms with Gasteiger partial charge in [-0.3, -0.25) is 15.0 Å². The Morgan fingerprint density at radius 1 is 1.00 bits per heavy atom. The van der Waals surface area contributed by atoms with Crippen LogP contribution in [0.15, 0.2) is 77.3 Å². The maximum atomic E-state index is 14.5. The van der Waals surface area contributed by atoms with E-state index >= 15 is 0 Å². The second-order valence-corrected chi connectivity index (χ2v) is 7.15. The van der Waals surface area contributed by atoms with E-state index in [-0.39, 0.29) is 5.56 Å². The van der Waals surface area contributed by atoms with Crippen molar-refractivity contribution in [1.82, 2.24) is 10.4 Å². The summed E-state index contributed by atoms with van der Waals surface area (Å²) < 4.78 is 15.3. The van der Waals surface area contributed by atoms with Crippen LogP contribution in [-0.2, 0) is 0 Å². The third-order valence-electron chi connectivity index (χ3n) is 4.45. The van der Waals surface area contributed by atoms with Gasteiger partial charge in [-0.05, 0) is 42.5 Å². The second-order valence-electron chi connectivity index (χ2n) is 6.24. The molecule has 0 aliphatic carbocycles. The molecule has 0 saturated heterocycles. The summed E-state index contributed by atoms with van der Waals surface area (Å²) in [5.74, 6) is -1.37. The van der Waals surface area contributed by atoms with Gasteiger partial charge >= 0.3 is 0 Å². The van der Waals surface area contributed by atoms with E-state index in [0.29, 0.717) is 16.8 Å². The van der Waals surface area contributed by atoms with E-state index in [9.17, 15) is 14.0 Å². The molecule has 140 valence electrons. The Bertz CT molecular complexity index is 1060. The van der Waals surface area contributed by atoms with Crippen LogP contribution in [0.4, 0.5) is 10.1 Å². The zero-order valence-electron chi connectivity index (χ0n) is 14.5. The van der Waals surface area contributed by atoms with Gasteiger partial charge < -0.3 is 5.32 Å². The number of carbonyl (C=O) groups excluding carboxylic acids is 2. The van der Waals surface area contributed by atoms with Crippen LogP contribution >= 0.6 is 15.9 Å². The minimum Gasteiger partial charge on any atom is -0.359 e. The number of nitrogens with one attached hydrogen (secondary N) is 2. The average Bonchev–Trinajstić information content (AvgIpc) is 2.71. The number of fused-ring (bicyclic) bond motifs is 1. The highest BCUT2D eigenvalue weighted by molar-refractivity contribution is 9.10. The van der Waals surface area contributed by atoms with Crippen molar-refractivity contribution in [1.29, 1.82) is 0 Å². The van der Waals surface area contributed by atoms with E-state index in [1.807, 2.05) is 0 Å². The standard InChI is InChI=1S/C21H15BrFN3O2/c22-14-11-9-13(10-12-14)20(27)25-26-19(15-5-1-3-7-17(15)23)24-18-8-4-2-6-16(18)21(26)28/h1-12,19,24H,(H,25,27)/t19-/m0/s1. The smallest absolute Gasteiger partial charge is 0.276 e. The molecular weight excluding hydrogens is 425 g/mol. The molecule has 5 nitrogen and oxygen atoms in total. The number of rotatable bonds is 3. The highest BCUT2D eigenvalue weighted by atomic mass is 79.9. The Balaban J connectivity index is 1.72. The zero-order chi connectivity index (χ0) is 19.7. The van der Waals surface area contributed by atoms with Crippen molar-refractivity contribution in [2.75, 3.05) is 5.32 Å². The summed E-state index contributed by atoms with van der Waals surface area (Å²) in [5.41, 5.74) is 4.22. The number of hydrazine groups is 1. The van der Waals surface area contributed by atoms with Crippen LogP contribution in [0.2, 0.25) is 0 Å². The first-order valence-corrected chi connectivity index (χ1v) is 9.34. The van der Waals surface area contributed by atoms with Gasteiger partial charge in [0.15, 0.2) is 6.17 Å². The first-order chi connectivity index (χ1) is 13.5. The number of benzene rings is 3. The number of para-hydroxylation sites is 1. The molecule has 3 aromatic carbocycles. The van der Waals surface area contributed by atoms with Gasteiger partial charge in [-0.1, -0.05) is 46.3 Å². The molecule has 1 heterocycles. The number of nitrogens with zero attached hydrogens (tertiary/aromatic N) is 1. The van der Waals surface area contributed by atoms with Gasteiger partial charge in [-0.2, -0.15) is 0 Å². The molecule has 0 aromatic heterocycles. The maximum Gasteiger partial charge on any atom is 0.276 e. The van der Waals surface area contributed by atoms with Crippen LogP contribution in [-0.4, -0.2) is 16.8 Å². The molecule has 1 aliphatic rings. The lowest BCUT2D eigenvalue weighted by Gasteiger charge is -2.37. The van der Waals surface area contributed by atoms with Gasteiger partial charge in [0.2, 0.25) is 0 Å². The second kappa shape index (κ2) is 7.44. The maximum absolute atomic E-state index is 14.5. The van der Waals surface area contributed by atoms with Gasteiger partial charge in [0.25, 0.3) is 11.8 Å². The molecule has 1 aliphatic heterocycles. The lowest BCUT2D eigenvalue weighted by molar-refractivity contribution is 0.0487. The molecule has 28 heavy (non-hydrogen) atoms. The molecule has 0 unspecified atom stereocenters. The lowest BCUT2D eigenvalue weighted by atomic mass is 10.0. The zero-order valence-corrected chi connectivity index (χ0v) is 16.1. The summed E-state index contributed by atoms with van der Waals surface area (Å²) in [6.07, 6.45) is -0.886. The lowest BCUT2D eigenvalue weighted by Crippen LogP contribution is -2.53. The van der Waals surface area contributed by atoms with Gasteiger partial charge in [0.1, 0.15) is 5.82 Å². The third kappa shape index (κ3) is 3.36. The average molecular weight is 440 g/mol. The Hall–Kier alpha value is -3.19. The van der Waals surface area contributed by atoms with Gasteiger partial charge in [-0.25, -0.2) is 9.40 Å². The first-order valence-electron chi connectivity index (χ1n) is 8.55. The molecule has 7 heteroatoms. The van der Waals surface area contributed by atoms with Crippen LogP contribution in [0.3, 0.4) is 0 Å². The van der Waals surface area contributed by atoms with Gasteiger partial charge in [-0.15, -0.1) is 0 Å². The fraction of sp³-hybridized carbons (Fsp3) is 0.0476. The van der Waals surface area contributed by atoms with Crippen molar-refractivity contribution in [2.45, 2.75) is 6.17 Å².